The second-order valence-corrected chi connectivity index (χ2v) is 6.57. The van der Waals surface area contributed by atoms with Gasteiger partial charge in [0, 0.05) is 17.8 Å². The van der Waals surface area contributed by atoms with Gasteiger partial charge in [-0.15, -0.1) is 0 Å². The van der Waals surface area contributed by atoms with E-state index in [-0.39, 0.29) is 0 Å². The molecule has 1 saturated carbocycles. The summed E-state index contributed by atoms with van der Waals surface area (Å²) in [6.45, 7) is 0. The highest BCUT2D eigenvalue weighted by Gasteiger charge is 2.30. The second kappa shape index (κ2) is 5.02. The first-order chi connectivity index (χ1) is 8.79. The number of hydrogen-bond acceptors (Lipinski definition) is 3. The lowest BCUT2D eigenvalue weighted by molar-refractivity contribution is 0.399. The van der Waals surface area contributed by atoms with E-state index in [1.807, 2.05) is 12.1 Å². The van der Waals surface area contributed by atoms with Gasteiger partial charge in [0.1, 0.15) is 5.75 Å². The summed E-state index contributed by atoms with van der Waals surface area (Å²) < 4.78 is 17.7. The largest absolute Gasteiger partial charge is 0.495 e. The van der Waals surface area contributed by atoms with Crippen molar-refractivity contribution in [1.29, 1.82) is 0 Å². The molecule has 1 N–H and O–H groups in total. The van der Waals surface area contributed by atoms with Crippen molar-refractivity contribution in [2.45, 2.75) is 42.7 Å². The summed E-state index contributed by atoms with van der Waals surface area (Å²) >= 11 is 0. The highest BCUT2D eigenvalue weighted by atomic mass is 32.2. The van der Waals surface area contributed by atoms with Crippen molar-refractivity contribution < 1.29 is 8.95 Å². The van der Waals surface area contributed by atoms with Gasteiger partial charge in [0.05, 0.1) is 22.8 Å². The Hall–Kier alpha value is -0.870. The van der Waals surface area contributed by atoms with Crippen LogP contribution in [0.1, 0.15) is 37.3 Å². The van der Waals surface area contributed by atoms with Gasteiger partial charge in [-0.05, 0) is 37.3 Å². The van der Waals surface area contributed by atoms with Gasteiger partial charge in [-0.25, -0.2) is 0 Å². The smallest absolute Gasteiger partial charge is 0.135 e. The molecule has 0 amide bonds. The van der Waals surface area contributed by atoms with Crippen molar-refractivity contribution in [1.82, 2.24) is 5.32 Å². The molecule has 1 aromatic rings. The summed E-state index contributed by atoms with van der Waals surface area (Å²) in [4.78, 5) is 0.913. The minimum atomic E-state index is -0.924. The summed E-state index contributed by atoms with van der Waals surface area (Å²) in [5.74, 6) is 1.52. The van der Waals surface area contributed by atoms with E-state index in [0.717, 1.165) is 29.2 Å². The minimum Gasteiger partial charge on any atom is -0.495 e. The van der Waals surface area contributed by atoms with Crippen LogP contribution >= 0.6 is 0 Å². The zero-order chi connectivity index (χ0) is 12.5. The SMILES string of the molecule is COc1cccc2c1S(=O)CCCC2NC1CC1. The number of ether oxygens (including phenoxy) is 1. The Balaban J connectivity index is 2.01. The molecule has 0 bridgehead atoms. The molecular formula is C14H19NO2S. The number of methoxy groups -OCH3 is 1. The summed E-state index contributed by atoms with van der Waals surface area (Å²) in [5, 5.41) is 3.67. The van der Waals surface area contributed by atoms with Crippen LogP contribution < -0.4 is 10.1 Å². The van der Waals surface area contributed by atoms with E-state index in [2.05, 4.69) is 11.4 Å². The summed E-state index contributed by atoms with van der Waals surface area (Å²) in [6, 6.07) is 7.02. The molecule has 2 aliphatic rings. The highest BCUT2D eigenvalue weighted by molar-refractivity contribution is 7.85. The van der Waals surface area contributed by atoms with Gasteiger partial charge in [-0.2, -0.15) is 0 Å². The van der Waals surface area contributed by atoms with E-state index in [1.54, 1.807) is 7.11 Å². The summed E-state index contributed by atoms with van der Waals surface area (Å²) in [7, 11) is 0.730. The number of hydrogen-bond donors (Lipinski definition) is 1. The molecule has 3 nitrogen and oxygen atoms in total. The number of nitrogens with one attached hydrogen (secondary N) is 1. The summed E-state index contributed by atoms with van der Waals surface area (Å²) in [6.07, 6.45) is 4.63. The number of benzene rings is 1. The molecule has 1 aliphatic heterocycles. The standard InChI is InChI=1S/C14H19NO2S/c1-17-13-6-2-4-11-12(15-10-7-8-10)5-3-9-18(16)14(11)13/h2,4,6,10,12,15H,3,5,7-9H2,1H3. The van der Waals surface area contributed by atoms with Crippen LogP contribution in [-0.2, 0) is 10.8 Å². The Morgan fingerprint density at radius 1 is 1.33 bits per heavy atom. The molecule has 1 aromatic carbocycles. The normalized spacial score (nSPS) is 27.4. The molecule has 1 fully saturated rings. The van der Waals surface area contributed by atoms with Crippen molar-refractivity contribution >= 4 is 10.8 Å². The Morgan fingerprint density at radius 2 is 2.17 bits per heavy atom. The quantitative estimate of drug-likeness (QED) is 0.912. The van der Waals surface area contributed by atoms with Gasteiger partial charge >= 0.3 is 0 Å². The Kier molecular flexibility index (Phi) is 3.39. The molecule has 18 heavy (non-hydrogen) atoms. The molecule has 98 valence electrons. The van der Waals surface area contributed by atoms with Crippen LogP contribution in [0.15, 0.2) is 23.1 Å². The maximum Gasteiger partial charge on any atom is 0.135 e. The van der Waals surface area contributed by atoms with Crippen LogP contribution in [0.5, 0.6) is 5.75 Å². The first kappa shape index (κ1) is 12.2. The van der Waals surface area contributed by atoms with Crippen LogP contribution in [0.3, 0.4) is 0 Å². The Bertz CT molecular complexity index is 471. The van der Waals surface area contributed by atoms with E-state index >= 15 is 0 Å². The molecule has 0 spiro atoms. The highest BCUT2D eigenvalue weighted by Crippen LogP contribution is 2.37. The predicted molar refractivity (Wildman–Crippen MR) is 72.4 cm³/mol. The van der Waals surface area contributed by atoms with Crippen molar-refractivity contribution in [2.24, 2.45) is 0 Å². The van der Waals surface area contributed by atoms with Crippen LogP contribution in [0.2, 0.25) is 0 Å². The van der Waals surface area contributed by atoms with E-state index in [1.165, 1.54) is 18.4 Å². The molecule has 0 aromatic heterocycles. The zero-order valence-electron chi connectivity index (χ0n) is 10.6. The van der Waals surface area contributed by atoms with E-state index in [4.69, 9.17) is 4.74 Å². The predicted octanol–water partition coefficient (Wildman–Crippen LogP) is 2.39. The lowest BCUT2D eigenvalue weighted by atomic mass is 10.0. The molecule has 2 unspecified atom stereocenters. The first-order valence-corrected chi connectivity index (χ1v) is 7.93. The lowest BCUT2D eigenvalue weighted by Gasteiger charge is -2.19. The summed E-state index contributed by atoms with van der Waals surface area (Å²) in [5.41, 5.74) is 1.18. The van der Waals surface area contributed by atoms with Gasteiger partial charge < -0.3 is 10.1 Å². The first-order valence-electron chi connectivity index (χ1n) is 6.61. The monoisotopic (exact) mass is 265 g/mol. The molecule has 0 radical (unpaired) electrons. The zero-order valence-corrected chi connectivity index (χ0v) is 11.5. The van der Waals surface area contributed by atoms with Gasteiger partial charge in [-0.3, -0.25) is 4.21 Å². The third-order valence-corrected chi connectivity index (χ3v) is 5.22. The van der Waals surface area contributed by atoms with E-state index in [0.29, 0.717) is 12.1 Å². The minimum absolute atomic E-state index is 0.342. The Morgan fingerprint density at radius 3 is 2.89 bits per heavy atom. The van der Waals surface area contributed by atoms with Crippen LogP contribution in [0, 0.1) is 0 Å². The van der Waals surface area contributed by atoms with Gasteiger partial charge in [-0.1, -0.05) is 12.1 Å². The average Bonchev–Trinajstić information content (AvgIpc) is 3.20. The molecular weight excluding hydrogens is 246 g/mol. The van der Waals surface area contributed by atoms with Gasteiger partial charge in [0.25, 0.3) is 0 Å². The van der Waals surface area contributed by atoms with E-state index < -0.39 is 10.8 Å². The molecule has 0 saturated heterocycles. The number of rotatable bonds is 3. The van der Waals surface area contributed by atoms with Crippen LogP contribution in [0.25, 0.3) is 0 Å². The second-order valence-electron chi connectivity index (χ2n) is 5.06. The Labute approximate surface area is 110 Å². The fourth-order valence-corrected chi connectivity index (χ4v) is 4.08. The molecule has 1 heterocycles. The third-order valence-electron chi connectivity index (χ3n) is 3.67. The molecule has 2 atom stereocenters. The average molecular weight is 265 g/mol. The maximum atomic E-state index is 12.3. The van der Waals surface area contributed by atoms with Crippen LogP contribution in [0.4, 0.5) is 0 Å². The lowest BCUT2D eigenvalue weighted by Crippen LogP contribution is -2.23. The topological polar surface area (TPSA) is 38.3 Å². The van der Waals surface area contributed by atoms with Crippen molar-refractivity contribution in [3.63, 3.8) is 0 Å². The van der Waals surface area contributed by atoms with Crippen LogP contribution in [-0.4, -0.2) is 23.1 Å². The van der Waals surface area contributed by atoms with Gasteiger partial charge in [0.15, 0.2) is 0 Å². The fraction of sp³-hybridized carbons (Fsp3) is 0.571. The molecule has 1 aliphatic carbocycles. The van der Waals surface area contributed by atoms with Gasteiger partial charge in [0.2, 0.25) is 0 Å². The van der Waals surface area contributed by atoms with Crippen molar-refractivity contribution in [3.8, 4) is 5.75 Å². The van der Waals surface area contributed by atoms with Crippen molar-refractivity contribution in [3.05, 3.63) is 23.8 Å². The molecule has 3 rings (SSSR count). The fourth-order valence-electron chi connectivity index (χ4n) is 2.60. The van der Waals surface area contributed by atoms with E-state index in [9.17, 15) is 4.21 Å². The number of fused-ring (bicyclic) bond motifs is 1. The third kappa shape index (κ3) is 2.31. The maximum absolute atomic E-state index is 12.3. The van der Waals surface area contributed by atoms with Crippen molar-refractivity contribution in [2.75, 3.05) is 12.9 Å². The molecule has 4 heteroatoms.